The van der Waals surface area contributed by atoms with E-state index >= 15 is 0 Å². The monoisotopic (exact) mass is 225 g/mol. The van der Waals surface area contributed by atoms with Crippen LogP contribution in [0.4, 0.5) is 0 Å². The maximum absolute atomic E-state index is 11.7. The maximum atomic E-state index is 11.7. The number of amides is 1. The van der Waals surface area contributed by atoms with Gasteiger partial charge in [0.15, 0.2) is 0 Å². The van der Waals surface area contributed by atoms with Gasteiger partial charge in [-0.1, -0.05) is 0 Å². The van der Waals surface area contributed by atoms with E-state index in [9.17, 15) is 4.79 Å². The van der Waals surface area contributed by atoms with Gasteiger partial charge in [-0.2, -0.15) is 0 Å². The number of nitrogens with zero attached hydrogens (tertiary/aromatic N) is 1. The summed E-state index contributed by atoms with van der Waals surface area (Å²) < 4.78 is 0. The molecule has 0 aromatic carbocycles. The van der Waals surface area contributed by atoms with Crippen molar-refractivity contribution in [2.24, 2.45) is 5.92 Å². The Bertz CT molecular complexity index is 220. The maximum Gasteiger partial charge on any atom is 0.236 e. The van der Waals surface area contributed by atoms with Crippen LogP contribution < -0.4 is 10.6 Å². The quantitative estimate of drug-likeness (QED) is 0.718. The van der Waals surface area contributed by atoms with E-state index in [4.69, 9.17) is 0 Å². The molecule has 4 nitrogen and oxygen atoms in total. The third-order valence-corrected chi connectivity index (χ3v) is 3.63. The summed E-state index contributed by atoms with van der Waals surface area (Å²) in [5.74, 6) is 1.04. The first-order chi connectivity index (χ1) is 7.86. The second-order valence-electron chi connectivity index (χ2n) is 4.91. The first kappa shape index (κ1) is 11.9. The zero-order chi connectivity index (χ0) is 11.2. The lowest BCUT2D eigenvalue weighted by molar-refractivity contribution is -0.129. The van der Waals surface area contributed by atoms with Crippen molar-refractivity contribution in [2.75, 3.05) is 39.3 Å². The van der Waals surface area contributed by atoms with Crippen LogP contribution in [0.2, 0.25) is 0 Å². The Morgan fingerprint density at radius 3 is 2.62 bits per heavy atom. The Hall–Kier alpha value is -0.610. The minimum atomic E-state index is 0.284. The highest BCUT2D eigenvalue weighted by molar-refractivity contribution is 5.78. The van der Waals surface area contributed by atoms with E-state index in [1.807, 2.05) is 4.90 Å². The first-order valence-corrected chi connectivity index (χ1v) is 6.55. The van der Waals surface area contributed by atoms with Gasteiger partial charge in [-0.3, -0.25) is 4.79 Å². The van der Waals surface area contributed by atoms with Gasteiger partial charge in [0.25, 0.3) is 0 Å². The summed E-state index contributed by atoms with van der Waals surface area (Å²) in [6.45, 7) is 5.73. The lowest BCUT2D eigenvalue weighted by atomic mass is 9.98. The smallest absolute Gasteiger partial charge is 0.236 e. The molecule has 2 fully saturated rings. The van der Waals surface area contributed by atoms with Gasteiger partial charge in [0, 0.05) is 13.1 Å². The van der Waals surface area contributed by atoms with Gasteiger partial charge in [-0.25, -0.2) is 0 Å². The van der Waals surface area contributed by atoms with Crippen LogP contribution in [0.5, 0.6) is 0 Å². The number of hydrogen-bond donors (Lipinski definition) is 2. The van der Waals surface area contributed by atoms with Gasteiger partial charge >= 0.3 is 0 Å². The lowest BCUT2D eigenvalue weighted by Gasteiger charge is -2.23. The van der Waals surface area contributed by atoms with E-state index in [-0.39, 0.29) is 5.91 Å². The summed E-state index contributed by atoms with van der Waals surface area (Å²) in [5.41, 5.74) is 0. The van der Waals surface area contributed by atoms with Gasteiger partial charge in [0.2, 0.25) is 5.91 Å². The van der Waals surface area contributed by atoms with Crippen molar-refractivity contribution in [3.8, 4) is 0 Å². The number of nitrogens with one attached hydrogen (secondary N) is 2. The Kier molecular flexibility index (Phi) is 4.60. The largest absolute Gasteiger partial charge is 0.342 e. The predicted molar refractivity (Wildman–Crippen MR) is 64.3 cm³/mol. The molecule has 92 valence electrons. The molecule has 2 N–H and O–H groups in total. The predicted octanol–water partition coefficient (Wildman–Crippen LogP) is 0.198. The zero-order valence-electron chi connectivity index (χ0n) is 10.0. The van der Waals surface area contributed by atoms with Crippen molar-refractivity contribution in [1.82, 2.24) is 15.5 Å². The highest BCUT2D eigenvalue weighted by Gasteiger charge is 2.18. The molecule has 0 saturated carbocycles. The summed E-state index contributed by atoms with van der Waals surface area (Å²) >= 11 is 0. The van der Waals surface area contributed by atoms with E-state index in [1.54, 1.807) is 0 Å². The summed E-state index contributed by atoms with van der Waals surface area (Å²) in [5, 5.41) is 6.67. The van der Waals surface area contributed by atoms with Crippen LogP contribution in [-0.2, 0) is 4.79 Å². The fourth-order valence-electron chi connectivity index (χ4n) is 2.55. The molecule has 0 radical (unpaired) electrons. The SMILES string of the molecule is O=C(CNCC1CCNCC1)N1CCCC1. The van der Waals surface area contributed by atoms with E-state index in [0.29, 0.717) is 6.54 Å². The third-order valence-electron chi connectivity index (χ3n) is 3.63. The molecule has 0 aromatic heterocycles. The van der Waals surface area contributed by atoms with Gasteiger partial charge in [0.05, 0.1) is 6.54 Å². The van der Waals surface area contributed by atoms with Crippen molar-refractivity contribution >= 4 is 5.91 Å². The molecular weight excluding hydrogens is 202 g/mol. The summed E-state index contributed by atoms with van der Waals surface area (Å²) in [7, 11) is 0. The van der Waals surface area contributed by atoms with E-state index in [2.05, 4.69) is 10.6 Å². The van der Waals surface area contributed by atoms with Crippen LogP contribution in [-0.4, -0.2) is 50.1 Å². The minimum absolute atomic E-state index is 0.284. The highest BCUT2D eigenvalue weighted by Crippen LogP contribution is 2.10. The van der Waals surface area contributed by atoms with Gasteiger partial charge < -0.3 is 15.5 Å². The van der Waals surface area contributed by atoms with Crippen LogP contribution in [0.3, 0.4) is 0 Å². The van der Waals surface area contributed by atoms with E-state index in [0.717, 1.165) is 38.6 Å². The standard InChI is InChI=1S/C12H23N3O/c16-12(15-7-1-2-8-15)10-14-9-11-3-5-13-6-4-11/h11,13-14H,1-10H2. The van der Waals surface area contributed by atoms with Gasteiger partial charge in [-0.05, 0) is 51.2 Å². The number of rotatable bonds is 4. The number of carbonyl (C=O) groups is 1. The van der Waals surface area contributed by atoms with Crippen LogP contribution in [0.1, 0.15) is 25.7 Å². The number of piperidine rings is 1. The average Bonchev–Trinajstić information content (AvgIpc) is 2.84. The second-order valence-corrected chi connectivity index (χ2v) is 4.91. The molecule has 0 bridgehead atoms. The molecule has 0 aliphatic carbocycles. The highest BCUT2D eigenvalue weighted by atomic mass is 16.2. The molecule has 0 atom stereocenters. The van der Waals surface area contributed by atoms with Crippen LogP contribution in [0.15, 0.2) is 0 Å². The molecule has 0 unspecified atom stereocenters. The van der Waals surface area contributed by atoms with Gasteiger partial charge in [-0.15, -0.1) is 0 Å². The molecule has 16 heavy (non-hydrogen) atoms. The average molecular weight is 225 g/mol. The van der Waals surface area contributed by atoms with Crippen molar-refractivity contribution in [2.45, 2.75) is 25.7 Å². The van der Waals surface area contributed by atoms with E-state index < -0.39 is 0 Å². The number of hydrogen-bond acceptors (Lipinski definition) is 3. The second kappa shape index (κ2) is 6.21. The fourth-order valence-corrected chi connectivity index (χ4v) is 2.55. The van der Waals surface area contributed by atoms with Gasteiger partial charge in [0.1, 0.15) is 0 Å². The molecule has 2 aliphatic rings. The molecule has 2 heterocycles. The fraction of sp³-hybridized carbons (Fsp3) is 0.917. The molecule has 2 rings (SSSR count). The lowest BCUT2D eigenvalue weighted by Crippen LogP contribution is -2.39. The van der Waals surface area contributed by atoms with E-state index in [1.165, 1.54) is 25.7 Å². The molecule has 0 spiro atoms. The summed E-state index contributed by atoms with van der Waals surface area (Å²) in [6.07, 6.45) is 4.84. The van der Waals surface area contributed by atoms with Crippen molar-refractivity contribution in [3.05, 3.63) is 0 Å². The van der Waals surface area contributed by atoms with Crippen molar-refractivity contribution in [1.29, 1.82) is 0 Å². The molecule has 2 saturated heterocycles. The molecule has 1 amide bonds. The molecule has 0 aromatic rings. The summed E-state index contributed by atoms with van der Waals surface area (Å²) in [4.78, 5) is 13.7. The molecule has 2 aliphatic heterocycles. The van der Waals surface area contributed by atoms with Crippen LogP contribution in [0.25, 0.3) is 0 Å². The zero-order valence-corrected chi connectivity index (χ0v) is 10.0. The number of likely N-dealkylation sites (tertiary alicyclic amines) is 1. The van der Waals surface area contributed by atoms with Crippen LogP contribution >= 0.6 is 0 Å². The third kappa shape index (κ3) is 3.46. The van der Waals surface area contributed by atoms with Crippen LogP contribution in [0, 0.1) is 5.92 Å². The normalized spacial score (nSPS) is 22.6. The molecule has 4 heteroatoms. The molecular formula is C12H23N3O. The Labute approximate surface area is 97.8 Å². The Morgan fingerprint density at radius 1 is 1.25 bits per heavy atom. The first-order valence-electron chi connectivity index (χ1n) is 6.55. The minimum Gasteiger partial charge on any atom is -0.342 e. The Balaban J connectivity index is 1.57. The van der Waals surface area contributed by atoms with Crippen molar-refractivity contribution in [3.63, 3.8) is 0 Å². The topological polar surface area (TPSA) is 44.4 Å². The Morgan fingerprint density at radius 2 is 1.94 bits per heavy atom. The van der Waals surface area contributed by atoms with Crippen molar-refractivity contribution < 1.29 is 4.79 Å². The summed E-state index contributed by atoms with van der Waals surface area (Å²) in [6, 6.07) is 0. The number of carbonyl (C=O) groups excluding carboxylic acids is 1.